The summed E-state index contributed by atoms with van der Waals surface area (Å²) < 4.78 is 42.0. The number of furan rings is 1. The molecule has 0 aliphatic heterocycles. The number of rotatable bonds is 4. The van der Waals surface area contributed by atoms with Gasteiger partial charge in [-0.1, -0.05) is 0 Å². The molecule has 0 fully saturated rings. The first-order valence-corrected chi connectivity index (χ1v) is 9.31. The van der Waals surface area contributed by atoms with E-state index in [2.05, 4.69) is 5.32 Å². The molecule has 26 heavy (non-hydrogen) atoms. The highest BCUT2D eigenvalue weighted by Gasteiger charge is 2.23. The van der Waals surface area contributed by atoms with E-state index in [4.69, 9.17) is 4.42 Å². The lowest BCUT2D eigenvalue weighted by Gasteiger charge is -2.13. The number of carbonyl (C=O) groups excluding carboxylic acids is 1. The third kappa shape index (κ3) is 3.14. The van der Waals surface area contributed by atoms with Crippen LogP contribution in [-0.2, 0) is 10.0 Å². The maximum Gasteiger partial charge on any atom is 0.255 e. The first-order chi connectivity index (χ1) is 12.2. The van der Waals surface area contributed by atoms with Gasteiger partial charge in [-0.05, 0) is 36.4 Å². The zero-order valence-electron chi connectivity index (χ0n) is 13.9. The molecular formula is C17H15FN2O5S. The summed E-state index contributed by atoms with van der Waals surface area (Å²) in [6, 6.07) is 9.53. The fraction of sp³-hybridized carbons (Fsp3) is 0.118. The van der Waals surface area contributed by atoms with E-state index in [1.54, 1.807) is 0 Å². The second-order valence-electron chi connectivity index (χ2n) is 5.58. The average molecular weight is 378 g/mol. The van der Waals surface area contributed by atoms with Gasteiger partial charge in [-0.25, -0.2) is 12.8 Å². The van der Waals surface area contributed by atoms with Crippen molar-refractivity contribution < 1.29 is 27.2 Å². The summed E-state index contributed by atoms with van der Waals surface area (Å²) in [7, 11) is -2.42. The number of fused-ring (bicyclic) bond motifs is 1. The zero-order chi connectivity index (χ0) is 19.1. The average Bonchev–Trinajstić information content (AvgIpc) is 2.98. The molecule has 3 aromatic rings. The Hall–Kier alpha value is -2.91. The SMILES string of the molecule is CNC(=O)c1c(-c2ccc(F)cc2)oc2cc(N(O)S(C)(=O)=O)ccc12. The van der Waals surface area contributed by atoms with Gasteiger partial charge in [0.1, 0.15) is 17.2 Å². The van der Waals surface area contributed by atoms with Crippen LogP contribution in [0.1, 0.15) is 10.4 Å². The molecular weight excluding hydrogens is 363 g/mol. The molecule has 1 heterocycles. The van der Waals surface area contributed by atoms with Gasteiger partial charge in [-0.2, -0.15) is 0 Å². The molecule has 0 bridgehead atoms. The Kier molecular flexibility index (Phi) is 4.43. The first kappa shape index (κ1) is 17.9. The third-order valence-electron chi connectivity index (χ3n) is 3.77. The highest BCUT2D eigenvalue weighted by atomic mass is 32.2. The predicted octanol–water partition coefficient (Wildman–Crippen LogP) is 2.75. The van der Waals surface area contributed by atoms with Gasteiger partial charge < -0.3 is 9.73 Å². The van der Waals surface area contributed by atoms with E-state index in [1.807, 2.05) is 0 Å². The van der Waals surface area contributed by atoms with Crippen molar-refractivity contribution in [3.8, 4) is 11.3 Å². The number of amides is 1. The molecule has 0 aliphatic rings. The Morgan fingerprint density at radius 1 is 1.19 bits per heavy atom. The molecule has 2 aromatic carbocycles. The minimum absolute atomic E-state index is 0.0390. The van der Waals surface area contributed by atoms with Crippen molar-refractivity contribution in [2.45, 2.75) is 0 Å². The normalized spacial score (nSPS) is 11.5. The molecule has 0 saturated carbocycles. The van der Waals surface area contributed by atoms with E-state index in [-0.39, 0.29) is 27.1 Å². The number of sulfonamides is 1. The fourth-order valence-corrected chi connectivity index (χ4v) is 3.05. The zero-order valence-corrected chi connectivity index (χ0v) is 14.7. The van der Waals surface area contributed by atoms with E-state index in [1.165, 1.54) is 49.5 Å². The number of halogens is 1. The first-order valence-electron chi connectivity index (χ1n) is 7.46. The molecule has 7 nitrogen and oxygen atoms in total. The molecule has 0 spiro atoms. The Labute approximate surface area is 148 Å². The molecule has 1 amide bonds. The lowest BCUT2D eigenvalue weighted by Crippen LogP contribution is -2.25. The molecule has 1 aromatic heterocycles. The van der Waals surface area contributed by atoms with Crippen molar-refractivity contribution in [3.63, 3.8) is 0 Å². The Balaban J connectivity index is 2.24. The number of benzene rings is 2. The van der Waals surface area contributed by atoms with Crippen LogP contribution in [0.15, 0.2) is 46.9 Å². The second kappa shape index (κ2) is 6.43. The minimum atomic E-state index is -3.88. The summed E-state index contributed by atoms with van der Waals surface area (Å²) in [5.41, 5.74) is 0.863. The summed E-state index contributed by atoms with van der Waals surface area (Å²) in [4.78, 5) is 12.3. The highest BCUT2D eigenvalue weighted by Crippen LogP contribution is 2.35. The quantitative estimate of drug-likeness (QED) is 0.680. The van der Waals surface area contributed by atoms with Gasteiger partial charge in [0.25, 0.3) is 15.9 Å². The van der Waals surface area contributed by atoms with E-state index >= 15 is 0 Å². The lowest BCUT2D eigenvalue weighted by atomic mass is 10.0. The van der Waals surface area contributed by atoms with Gasteiger partial charge in [0.05, 0.1) is 17.5 Å². The van der Waals surface area contributed by atoms with Gasteiger partial charge in [-0.15, -0.1) is 4.47 Å². The molecule has 0 aliphatic carbocycles. The second-order valence-corrected chi connectivity index (χ2v) is 7.39. The Bertz CT molecular complexity index is 1090. The number of carbonyl (C=O) groups is 1. The molecule has 2 N–H and O–H groups in total. The van der Waals surface area contributed by atoms with Crippen molar-refractivity contribution in [2.24, 2.45) is 0 Å². The topological polar surface area (TPSA) is 99.8 Å². The van der Waals surface area contributed by atoms with Crippen LogP contribution in [-0.4, -0.2) is 32.8 Å². The summed E-state index contributed by atoms with van der Waals surface area (Å²) in [6.07, 6.45) is 0.846. The van der Waals surface area contributed by atoms with E-state index < -0.39 is 21.7 Å². The van der Waals surface area contributed by atoms with Crippen LogP contribution in [0, 0.1) is 5.82 Å². The Morgan fingerprint density at radius 3 is 2.42 bits per heavy atom. The number of hydrogen-bond donors (Lipinski definition) is 2. The van der Waals surface area contributed by atoms with E-state index in [9.17, 15) is 22.8 Å². The minimum Gasteiger partial charge on any atom is -0.455 e. The maximum atomic E-state index is 13.2. The van der Waals surface area contributed by atoms with Crippen LogP contribution in [0.5, 0.6) is 0 Å². The van der Waals surface area contributed by atoms with Crippen LogP contribution < -0.4 is 9.79 Å². The van der Waals surface area contributed by atoms with E-state index in [0.717, 1.165) is 6.26 Å². The summed E-state index contributed by atoms with van der Waals surface area (Å²) >= 11 is 0. The summed E-state index contributed by atoms with van der Waals surface area (Å²) in [6.45, 7) is 0. The van der Waals surface area contributed by atoms with Crippen molar-refractivity contribution in [2.75, 3.05) is 17.8 Å². The predicted molar refractivity (Wildman–Crippen MR) is 94.1 cm³/mol. The van der Waals surface area contributed by atoms with Crippen LogP contribution in [0.25, 0.3) is 22.3 Å². The summed E-state index contributed by atoms with van der Waals surface area (Å²) in [5.74, 6) is -0.641. The molecule has 0 radical (unpaired) electrons. The Morgan fingerprint density at radius 2 is 1.85 bits per heavy atom. The smallest absolute Gasteiger partial charge is 0.255 e. The molecule has 0 saturated heterocycles. The van der Waals surface area contributed by atoms with Gasteiger partial charge >= 0.3 is 0 Å². The molecule has 0 atom stereocenters. The highest BCUT2D eigenvalue weighted by molar-refractivity contribution is 7.91. The molecule has 9 heteroatoms. The van der Waals surface area contributed by atoms with Gasteiger partial charge in [0.15, 0.2) is 0 Å². The van der Waals surface area contributed by atoms with Crippen molar-refractivity contribution in [1.29, 1.82) is 0 Å². The van der Waals surface area contributed by atoms with Crippen LogP contribution >= 0.6 is 0 Å². The maximum absolute atomic E-state index is 13.2. The molecule has 136 valence electrons. The third-order valence-corrected chi connectivity index (χ3v) is 4.61. The van der Waals surface area contributed by atoms with Gasteiger partial charge in [-0.3, -0.25) is 10.0 Å². The number of anilines is 1. The summed E-state index contributed by atoms with van der Waals surface area (Å²) in [5, 5.41) is 12.7. The van der Waals surface area contributed by atoms with Crippen LogP contribution in [0.2, 0.25) is 0 Å². The monoisotopic (exact) mass is 378 g/mol. The van der Waals surface area contributed by atoms with Crippen molar-refractivity contribution in [3.05, 3.63) is 53.8 Å². The number of nitrogens with zero attached hydrogens (tertiary/aromatic N) is 1. The van der Waals surface area contributed by atoms with Crippen molar-refractivity contribution >= 4 is 32.6 Å². The molecule has 0 unspecified atom stereocenters. The fourth-order valence-electron chi connectivity index (χ4n) is 2.55. The van der Waals surface area contributed by atoms with Gasteiger partial charge in [0, 0.05) is 24.1 Å². The van der Waals surface area contributed by atoms with Crippen LogP contribution in [0.3, 0.4) is 0 Å². The standard InChI is InChI=1S/C17H15FN2O5S/c1-19-17(21)15-13-8-7-12(20(22)26(2,23)24)9-14(13)25-16(15)10-3-5-11(18)6-4-10/h3-9,22H,1-2H3,(H,19,21). The number of hydrogen-bond acceptors (Lipinski definition) is 5. The number of nitrogens with one attached hydrogen (secondary N) is 1. The van der Waals surface area contributed by atoms with Crippen molar-refractivity contribution in [1.82, 2.24) is 5.32 Å². The van der Waals surface area contributed by atoms with E-state index in [0.29, 0.717) is 10.9 Å². The van der Waals surface area contributed by atoms with Gasteiger partial charge in [0.2, 0.25) is 0 Å². The van der Waals surface area contributed by atoms with Crippen LogP contribution in [0.4, 0.5) is 10.1 Å². The lowest BCUT2D eigenvalue weighted by molar-refractivity contribution is 0.0964. The largest absolute Gasteiger partial charge is 0.455 e. The molecule has 3 rings (SSSR count).